The van der Waals surface area contributed by atoms with Crippen molar-refractivity contribution in [3.8, 4) is 6.07 Å². The second-order valence-corrected chi connectivity index (χ2v) is 6.22. The third-order valence-corrected chi connectivity index (χ3v) is 4.76. The van der Waals surface area contributed by atoms with Crippen molar-refractivity contribution < 1.29 is 0 Å². The van der Waals surface area contributed by atoms with Gasteiger partial charge in [0, 0.05) is 36.9 Å². The molecule has 1 atom stereocenters. The van der Waals surface area contributed by atoms with Crippen LogP contribution >= 0.6 is 0 Å². The largest absolute Gasteiger partial charge is 0.370 e. The maximum atomic E-state index is 9.13. The molecule has 0 saturated carbocycles. The minimum absolute atomic E-state index is 0.427. The zero-order valence-corrected chi connectivity index (χ0v) is 13.2. The molecule has 0 aliphatic carbocycles. The van der Waals surface area contributed by atoms with Crippen LogP contribution in [0.2, 0.25) is 0 Å². The lowest BCUT2D eigenvalue weighted by atomic mass is 10.1. The molecule has 0 spiro atoms. The van der Waals surface area contributed by atoms with Crippen LogP contribution in [0.5, 0.6) is 0 Å². The molecule has 1 N–H and O–H groups in total. The summed E-state index contributed by atoms with van der Waals surface area (Å²) in [7, 11) is 4.30. The standard InChI is InChI=1S/C17H18N6/c1-22-6-4-12(10-22)23(2)15-3-5-19-17-16(15)13-7-11(8-18)20-9-14(13)21-17/h3,5,7,9,12H,4,6,10H2,1-2H3,(H,19,21)/t12-/m0/s1. The number of nitriles is 1. The van der Waals surface area contributed by atoms with Gasteiger partial charge < -0.3 is 14.8 Å². The van der Waals surface area contributed by atoms with Crippen molar-refractivity contribution in [1.82, 2.24) is 19.9 Å². The predicted octanol–water partition coefficient (Wildman–Crippen LogP) is 2.12. The Morgan fingerprint density at radius 3 is 3.04 bits per heavy atom. The van der Waals surface area contributed by atoms with Crippen LogP contribution in [0.1, 0.15) is 12.1 Å². The third-order valence-electron chi connectivity index (χ3n) is 4.76. The van der Waals surface area contributed by atoms with Crippen LogP contribution in [0, 0.1) is 11.3 Å². The molecule has 1 aliphatic heterocycles. The van der Waals surface area contributed by atoms with Crippen molar-refractivity contribution in [3.05, 3.63) is 30.2 Å². The Labute approximate surface area is 134 Å². The maximum absolute atomic E-state index is 9.13. The molecule has 1 fully saturated rings. The monoisotopic (exact) mass is 306 g/mol. The van der Waals surface area contributed by atoms with E-state index in [-0.39, 0.29) is 0 Å². The van der Waals surface area contributed by atoms with Crippen LogP contribution in [0.25, 0.3) is 21.9 Å². The third kappa shape index (κ3) is 2.21. The molecule has 0 aromatic carbocycles. The first-order chi connectivity index (χ1) is 11.2. The lowest BCUT2D eigenvalue weighted by Crippen LogP contribution is -2.33. The van der Waals surface area contributed by atoms with Gasteiger partial charge in [-0.3, -0.25) is 0 Å². The van der Waals surface area contributed by atoms with Crippen molar-refractivity contribution in [3.63, 3.8) is 0 Å². The van der Waals surface area contributed by atoms with Crippen LogP contribution in [-0.2, 0) is 0 Å². The second-order valence-electron chi connectivity index (χ2n) is 6.22. The van der Waals surface area contributed by atoms with E-state index in [4.69, 9.17) is 5.26 Å². The topological polar surface area (TPSA) is 71.8 Å². The molecule has 1 aliphatic rings. The molecular weight excluding hydrogens is 288 g/mol. The number of nitrogens with zero attached hydrogens (tertiary/aromatic N) is 5. The molecule has 4 heterocycles. The Kier molecular flexibility index (Phi) is 3.17. The summed E-state index contributed by atoms with van der Waals surface area (Å²) in [5.41, 5.74) is 3.33. The molecule has 23 heavy (non-hydrogen) atoms. The number of H-pyrrole nitrogens is 1. The quantitative estimate of drug-likeness (QED) is 0.785. The molecule has 3 aromatic heterocycles. The molecular formula is C17H18N6. The fourth-order valence-electron chi connectivity index (χ4n) is 3.48. The normalized spacial score (nSPS) is 18.6. The van der Waals surface area contributed by atoms with Crippen LogP contribution in [-0.4, -0.2) is 53.1 Å². The lowest BCUT2D eigenvalue weighted by Gasteiger charge is -2.27. The number of pyridine rings is 2. The van der Waals surface area contributed by atoms with Crippen molar-refractivity contribution in [2.45, 2.75) is 12.5 Å². The van der Waals surface area contributed by atoms with Gasteiger partial charge in [-0.1, -0.05) is 0 Å². The molecule has 6 heteroatoms. The number of nitrogens with one attached hydrogen (secondary N) is 1. The average Bonchev–Trinajstić information content (AvgIpc) is 3.16. The van der Waals surface area contributed by atoms with E-state index < -0.39 is 0 Å². The molecule has 0 amide bonds. The van der Waals surface area contributed by atoms with Crippen molar-refractivity contribution >= 4 is 27.6 Å². The van der Waals surface area contributed by atoms with E-state index in [0.717, 1.165) is 47.1 Å². The zero-order chi connectivity index (χ0) is 16.0. The van der Waals surface area contributed by atoms with Gasteiger partial charge in [0.25, 0.3) is 0 Å². The number of likely N-dealkylation sites (N-methyl/N-ethyl adjacent to an activating group) is 2. The number of hydrogen-bond donors (Lipinski definition) is 1. The van der Waals surface area contributed by atoms with Crippen LogP contribution < -0.4 is 4.90 Å². The Morgan fingerprint density at radius 1 is 1.43 bits per heavy atom. The highest BCUT2D eigenvalue weighted by Gasteiger charge is 2.25. The number of aromatic nitrogens is 3. The van der Waals surface area contributed by atoms with E-state index in [2.05, 4.69) is 51.0 Å². The lowest BCUT2D eigenvalue weighted by molar-refractivity contribution is 0.409. The van der Waals surface area contributed by atoms with Crippen LogP contribution in [0.4, 0.5) is 5.69 Å². The van der Waals surface area contributed by atoms with Gasteiger partial charge in [-0.25, -0.2) is 9.97 Å². The molecule has 0 radical (unpaired) electrons. The summed E-state index contributed by atoms with van der Waals surface area (Å²) in [4.78, 5) is 16.6. The summed E-state index contributed by atoms with van der Waals surface area (Å²) in [6.45, 7) is 2.19. The molecule has 0 bridgehead atoms. The maximum Gasteiger partial charge on any atom is 0.141 e. The van der Waals surface area contributed by atoms with E-state index in [1.807, 2.05) is 12.3 Å². The first-order valence-electron chi connectivity index (χ1n) is 7.75. The first-order valence-corrected chi connectivity index (χ1v) is 7.75. The molecule has 0 unspecified atom stereocenters. The fraction of sp³-hybridized carbons (Fsp3) is 0.353. The Morgan fingerprint density at radius 2 is 2.30 bits per heavy atom. The van der Waals surface area contributed by atoms with Gasteiger partial charge in [0.15, 0.2) is 0 Å². The minimum Gasteiger partial charge on any atom is -0.370 e. The van der Waals surface area contributed by atoms with Gasteiger partial charge >= 0.3 is 0 Å². The van der Waals surface area contributed by atoms with Gasteiger partial charge in [0.2, 0.25) is 0 Å². The van der Waals surface area contributed by atoms with Gasteiger partial charge in [0.05, 0.1) is 17.1 Å². The van der Waals surface area contributed by atoms with Gasteiger partial charge in [-0.05, 0) is 32.1 Å². The van der Waals surface area contributed by atoms with Crippen molar-refractivity contribution in [2.24, 2.45) is 0 Å². The van der Waals surface area contributed by atoms with E-state index in [0.29, 0.717) is 11.7 Å². The highest BCUT2D eigenvalue weighted by atomic mass is 15.2. The number of rotatable bonds is 2. The summed E-state index contributed by atoms with van der Waals surface area (Å²) in [6.07, 6.45) is 4.70. The number of likely N-dealkylation sites (tertiary alicyclic amines) is 1. The average molecular weight is 306 g/mol. The Balaban J connectivity index is 1.90. The Bertz CT molecular complexity index is 922. The summed E-state index contributed by atoms with van der Waals surface area (Å²) >= 11 is 0. The van der Waals surface area contributed by atoms with Gasteiger partial charge in [-0.15, -0.1) is 0 Å². The summed E-state index contributed by atoms with van der Waals surface area (Å²) in [5.74, 6) is 0. The predicted molar refractivity (Wildman–Crippen MR) is 90.4 cm³/mol. The van der Waals surface area contributed by atoms with E-state index in [9.17, 15) is 0 Å². The molecule has 6 nitrogen and oxygen atoms in total. The molecule has 116 valence electrons. The minimum atomic E-state index is 0.427. The summed E-state index contributed by atoms with van der Waals surface area (Å²) in [5, 5.41) is 11.2. The number of anilines is 1. The second kappa shape index (κ2) is 5.21. The molecule has 1 saturated heterocycles. The number of hydrogen-bond acceptors (Lipinski definition) is 5. The number of aromatic amines is 1. The fourth-order valence-corrected chi connectivity index (χ4v) is 3.48. The molecule has 4 rings (SSSR count). The van der Waals surface area contributed by atoms with Crippen LogP contribution in [0.15, 0.2) is 24.5 Å². The van der Waals surface area contributed by atoms with Gasteiger partial charge in [-0.2, -0.15) is 5.26 Å². The van der Waals surface area contributed by atoms with E-state index >= 15 is 0 Å². The highest BCUT2D eigenvalue weighted by Crippen LogP contribution is 2.33. The van der Waals surface area contributed by atoms with Crippen molar-refractivity contribution in [1.29, 1.82) is 5.26 Å². The first kappa shape index (κ1) is 14.0. The summed E-state index contributed by atoms with van der Waals surface area (Å²) in [6, 6.07) is 6.51. The van der Waals surface area contributed by atoms with E-state index in [1.165, 1.54) is 0 Å². The van der Waals surface area contributed by atoms with Crippen LogP contribution in [0.3, 0.4) is 0 Å². The van der Waals surface area contributed by atoms with Gasteiger partial charge in [0.1, 0.15) is 17.4 Å². The number of fused-ring (bicyclic) bond motifs is 3. The van der Waals surface area contributed by atoms with Crippen molar-refractivity contribution in [2.75, 3.05) is 32.1 Å². The summed E-state index contributed by atoms with van der Waals surface area (Å²) < 4.78 is 0. The molecule has 3 aromatic rings. The van der Waals surface area contributed by atoms with E-state index in [1.54, 1.807) is 6.20 Å². The SMILES string of the molecule is CN1CC[C@H](N(C)c2ccnc3[nH]c4cnc(C#N)cc4c23)C1. The Hall–Kier alpha value is -2.65. The smallest absolute Gasteiger partial charge is 0.141 e. The zero-order valence-electron chi connectivity index (χ0n) is 13.2. The highest BCUT2D eigenvalue weighted by molar-refractivity contribution is 6.12.